The molecule has 0 aromatic heterocycles. The molecule has 0 bridgehead atoms. The lowest BCUT2D eigenvalue weighted by Crippen LogP contribution is -2.07. The molecule has 0 aliphatic heterocycles. The highest BCUT2D eigenvalue weighted by atomic mass is 19.1. The van der Waals surface area contributed by atoms with E-state index in [0.717, 1.165) is 5.56 Å². The topological polar surface area (TPSA) is 80.6 Å². The van der Waals surface area contributed by atoms with Crippen LogP contribution < -0.4 is 4.74 Å². The molecule has 0 aliphatic carbocycles. The van der Waals surface area contributed by atoms with Gasteiger partial charge in [-0.05, 0) is 35.4 Å². The fourth-order valence-electron chi connectivity index (χ4n) is 2.04. The second-order valence-electron chi connectivity index (χ2n) is 4.83. The molecule has 2 aromatic carbocycles. The van der Waals surface area contributed by atoms with Gasteiger partial charge in [-0.2, -0.15) is 15.8 Å². The fraction of sp³-hybridized carbons (Fsp3) is 0.167. The summed E-state index contributed by atoms with van der Waals surface area (Å²) in [4.78, 5) is 0. The van der Waals surface area contributed by atoms with Crippen LogP contribution in [0.3, 0.4) is 0 Å². The van der Waals surface area contributed by atoms with Crippen LogP contribution in [0.15, 0.2) is 48.5 Å². The van der Waals surface area contributed by atoms with Gasteiger partial charge in [0.2, 0.25) is 0 Å². The van der Waals surface area contributed by atoms with Crippen LogP contribution in [-0.4, -0.2) is 0 Å². The first-order valence-electron chi connectivity index (χ1n) is 6.84. The van der Waals surface area contributed by atoms with Crippen molar-refractivity contribution in [3.8, 4) is 24.0 Å². The largest absolute Gasteiger partial charge is 0.489 e. The minimum Gasteiger partial charge on any atom is -0.489 e. The normalized spacial score (nSPS) is 11.1. The van der Waals surface area contributed by atoms with Crippen LogP contribution >= 0.6 is 0 Å². The summed E-state index contributed by atoms with van der Waals surface area (Å²) in [6, 6.07) is 18.3. The molecule has 0 saturated carbocycles. The van der Waals surface area contributed by atoms with E-state index in [1.165, 1.54) is 12.1 Å². The Bertz CT molecular complexity index is 765. The second-order valence-corrected chi connectivity index (χ2v) is 4.83. The number of benzene rings is 2. The SMILES string of the molecule is N#CC(C#N)C(C#N)c1ccc(OCc2ccc(F)cc2)cc1. The van der Waals surface area contributed by atoms with Crippen LogP contribution in [0.1, 0.15) is 17.0 Å². The van der Waals surface area contributed by atoms with Crippen LogP contribution in [0.5, 0.6) is 5.75 Å². The van der Waals surface area contributed by atoms with E-state index < -0.39 is 11.8 Å². The third-order valence-electron chi connectivity index (χ3n) is 3.31. The summed E-state index contributed by atoms with van der Waals surface area (Å²) in [6.45, 7) is 0.292. The van der Waals surface area contributed by atoms with Crippen molar-refractivity contribution >= 4 is 0 Å². The molecule has 0 radical (unpaired) electrons. The molecule has 0 fully saturated rings. The van der Waals surface area contributed by atoms with E-state index in [-0.39, 0.29) is 5.82 Å². The van der Waals surface area contributed by atoms with Gasteiger partial charge in [-0.3, -0.25) is 0 Å². The summed E-state index contributed by atoms with van der Waals surface area (Å²) in [7, 11) is 0. The molecule has 0 N–H and O–H groups in total. The lowest BCUT2D eigenvalue weighted by Gasteiger charge is -2.11. The highest BCUT2D eigenvalue weighted by molar-refractivity contribution is 5.35. The Kier molecular flexibility index (Phi) is 5.29. The van der Waals surface area contributed by atoms with Crippen molar-refractivity contribution in [3.63, 3.8) is 0 Å². The average Bonchev–Trinajstić information content (AvgIpc) is 2.60. The first kappa shape index (κ1) is 16.0. The molecule has 0 spiro atoms. The number of halogens is 1. The molecule has 1 unspecified atom stereocenters. The third kappa shape index (κ3) is 4.06. The summed E-state index contributed by atoms with van der Waals surface area (Å²) < 4.78 is 18.4. The summed E-state index contributed by atoms with van der Waals surface area (Å²) >= 11 is 0. The van der Waals surface area contributed by atoms with Gasteiger partial charge in [0.15, 0.2) is 5.92 Å². The number of hydrogen-bond donors (Lipinski definition) is 0. The van der Waals surface area contributed by atoms with E-state index in [9.17, 15) is 4.39 Å². The Balaban J connectivity index is 2.05. The number of ether oxygens (including phenoxy) is 1. The molecule has 0 heterocycles. The molecule has 5 heteroatoms. The van der Waals surface area contributed by atoms with Gasteiger partial charge in [0.05, 0.1) is 18.2 Å². The standard InChI is InChI=1S/C18H12FN3O/c19-16-5-1-13(2-6-16)12-23-17-7-3-14(4-8-17)18(11-22)15(9-20)10-21/h1-8,15,18H,12H2. The Morgan fingerprint density at radius 3 is 2.00 bits per heavy atom. The monoisotopic (exact) mass is 305 g/mol. The summed E-state index contributed by atoms with van der Waals surface area (Å²) in [5.41, 5.74) is 1.43. The zero-order valence-electron chi connectivity index (χ0n) is 12.1. The molecule has 0 amide bonds. The van der Waals surface area contributed by atoms with Gasteiger partial charge < -0.3 is 4.74 Å². The van der Waals surface area contributed by atoms with E-state index in [1.807, 2.05) is 18.2 Å². The molecule has 2 rings (SSSR count). The maximum Gasteiger partial charge on any atom is 0.153 e. The van der Waals surface area contributed by atoms with Crippen molar-refractivity contribution in [1.29, 1.82) is 15.8 Å². The molecule has 0 saturated heterocycles. The number of nitriles is 3. The molecular weight excluding hydrogens is 293 g/mol. The molecule has 23 heavy (non-hydrogen) atoms. The summed E-state index contributed by atoms with van der Waals surface area (Å²) in [5.74, 6) is -1.52. The smallest absolute Gasteiger partial charge is 0.153 e. The van der Waals surface area contributed by atoms with Gasteiger partial charge in [-0.25, -0.2) is 4.39 Å². The Morgan fingerprint density at radius 1 is 0.870 bits per heavy atom. The van der Waals surface area contributed by atoms with E-state index in [2.05, 4.69) is 0 Å². The number of nitrogens with zero attached hydrogens (tertiary/aromatic N) is 3. The molecule has 0 aliphatic rings. The maximum atomic E-state index is 12.8. The molecule has 1 atom stereocenters. The number of hydrogen-bond acceptors (Lipinski definition) is 4. The van der Waals surface area contributed by atoms with Crippen molar-refractivity contribution in [2.45, 2.75) is 12.5 Å². The lowest BCUT2D eigenvalue weighted by atomic mass is 9.89. The molecule has 112 valence electrons. The van der Waals surface area contributed by atoms with Crippen molar-refractivity contribution in [2.75, 3.05) is 0 Å². The molecular formula is C18H12FN3O. The van der Waals surface area contributed by atoms with E-state index in [0.29, 0.717) is 17.9 Å². The van der Waals surface area contributed by atoms with Crippen LogP contribution in [0, 0.1) is 45.7 Å². The first-order valence-corrected chi connectivity index (χ1v) is 6.84. The predicted octanol–water partition coefficient (Wildman–Crippen LogP) is 3.68. The van der Waals surface area contributed by atoms with E-state index in [1.54, 1.807) is 36.4 Å². The maximum absolute atomic E-state index is 12.8. The van der Waals surface area contributed by atoms with Gasteiger partial charge in [0, 0.05) is 0 Å². The second kappa shape index (κ2) is 7.59. The predicted molar refractivity (Wildman–Crippen MR) is 80.2 cm³/mol. The fourth-order valence-corrected chi connectivity index (χ4v) is 2.04. The molecule has 4 nitrogen and oxygen atoms in total. The van der Waals surface area contributed by atoms with Crippen molar-refractivity contribution in [2.24, 2.45) is 5.92 Å². The minimum absolute atomic E-state index is 0.292. The van der Waals surface area contributed by atoms with Gasteiger partial charge in [-0.1, -0.05) is 24.3 Å². The van der Waals surface area contributed by atoms with Crippen LogP contribution in [0.2, 0.25) is 0 Å². The first-order chi connectivity index (χ1) is 11.2. The van der Waals surface area contributed by atoms with Crippen LogP contribution in [0.25, 0.3) is 0 Å². The van der Waals surface area contributed by atoms with Crippen molar-refractivity contribution in [3.05, 3.63) is 65.5 Å². The van der Waals surface area contributed by atoms with Crippen molar-refractivity contribution < 1.29 is 9.13 Å². The number of rotatable bonds is 5. The van der Waals surface area contributed by atoms with Gasteiger partial charge in [0.25, 0.3) is 0 Å². The Morgan fingerprint density at radius 2 is 1.48 bits per heavy atom. The Hall–Kier alpha value is -3.36. The molecule has 2 aromatic rings. The van der Waals surface area contributed by atoms with Crippen LogP contribution in [-0.2, 0) is 6.61 Å². The van der Waals surface area contributed by atoms with E-state index in [4.69, 9.17) is 20.5 Å². The third-order valence-corrected chi connectivity index (χ3v) is 3.31. The average molecular weight is 305 g/mol. The lowest BCUT2D eigenvalue weighted by molar-refractivity contribution is 0.306. The van der Waals surface area contributed by atoms with Crippen LogP contribution in [0.4, 0.5) is 4.39 Å². The highest BCUT2D eigenvalue weighted by Gasteiger charge is 2.22. The van der Waals surface area contributed by atoms with Crippen molar-refractivity contribution in [1.82, 2.24) is 0 Å². The highest BCUT2D eigenvalue weighted by Crippen LogP contribution is 2.25. The summed E-state index contributed by atoms with van der Waals surface area (Å²) in [6.07, 6.45) is 0. The zero-order valence-corrected chi connectivity index (χ0v) is 12.1. The summed E-state index contributed by atoms with van der Waals surface area (Å²) in [5, 5.41) is 26.9. The quantitative estimate of drug-likeness (QED) is 0.844. The Labute approximate surface area is 133 Å². The van der Waals surface area contributed by atoms with Gasteiger partial charge in [0.1, 0.15) is 24.1 Å². The van der Waals surface area contributed by atoms with E-state index >= 15 is 0 Å². The van der Waals surface area contributed by atoms with Gasteiger partial charge >= 0.3 is 0 Å². The minimum atomic E-state index is -1.01. The van der Waals surface area contributed by atoms with Gasteiger partial charge in [-0.15, -0.1) is 0 Å². The zero-order chi connectivity index (χ0) is 16.7.